The molecule has 0 bridgehead atoms. The average Bonchev–Trinajstić information content (AvgIpc) is 2.09. The van der Waals surface area contributed by atoms with Crippen LogP contribution < -0.4 is 5.32 Å². The summed E-state index contributed by atoms with van der Waals surface area (Å²) in [4.78, 5) is 0. The van der Waals surface area contributed by atoms with E-state index in [9.17, 15) is 12.8 Å². The molecule has 0 aliphatic rings. The smallest absolute Gasteiger partial charge is 0.149 e. The van der Waals surface area contributed by atoms with Gasteiger partial charge in [0, 0.05) is 17.3 Å². The van der Waals surface area contributed by atoms with Gasteiger partial charge >= 0.3 is 0 Å². The molecule has 6 heteroatoms. The average molecular weight is 296 g/mol. The van der Waals surface area contributed by atoms with Gasteiger partial charge in [0.15, 0.2) is 0 Å². The molecule has 1 rings (SSSR count). The summed E-state index contributed by atoms with van der Waals surface area (Å²) < 4.78 is 35.2. The lowest BCUT2D eigenvalue weighted by Crippen LogP contribution is -2.14. The van der Waals surface area contributed by atoms with Crippen LogP contribution in [0.1, 0.15) is 0 Å². The molecule has 0 saturated heterocycles. The predicted molar refractivity (Wildman–Crippen MR) is 62.3 cm³/mol. The van der Waals surface area contributed by atoms with E-state index in [4.69, 9.17) is 0 Å². The van der Waals surface area contributed by atoms with Crippen molar-refractivity contribution in [2.75, 3.05) is 23.9 Å². The van der Waals surface area contributed by atoms with Crippen molar-refractivity contribution >= 4 is 31.5 Å². The standard InChI is InChI=1S/C9H11BrFNO2S/c1-15(13,14)5-4-12-9-6-7(11)2-3-8(9)10/h2-3,6,12H,4-5H2,1H3. The lowest BCUT2D eigenvalue weighted by Gasteiger charge is -2.07. The summed E-state index contributed by atoms with van der Waals surface area (Å²) in [5.74, 6) is -0.337. The summed E-state index contributed by atoms with van der Waals surface area (Å²) in [7, 11) is -2.99. The van der Waals surface area contributed by atoms with E-state index in [1.807, 2.05) is 0 Å². The van der Waals surface area contributed by atoms with E-state index in [-0.39, 0.29) is 18.1 Å². The quantitative estimate of drug-likeness (QED) is 0.925. The molecule has 15 heavy (non-hydrogen) atoms. The van der Waals surface area contributed by atoms with Crippen LogP contribution in [0.15, 0.2) is 22.7 Å². The Balaban J connectivity index is 2.61. The van der Waals surface area contributed by atoms with E-state index < -0.39 is 9.84 Å². The van der Waals surface area contributed by atoms with Crippen molar-refractivity contribution in [2.45, 2.75) is 0 Å². The van der Waals surface area contributed by atoms with Gasteiger partial charge in [-0.3, -0.25) is 0 Å². The van der Waals surface area contributed by atoms with Crippen LogP contribution in [-0.4, -0.2) is 27.0 Å². The van der Waals surface area contributed by atoms with Gasteiger partial charge in [-0.15, -0.1) is 0 Å². The lowest BCUT2D eigenvalue weighted by molar-refractivity contribution is 0.602. The molecule has 0 aliphatic carbocycles. The Bertz CT molecular complexity index is 447. The van der Waals surface area contributed by atoms with Crippen molar-refractivity contribution in [1.82, 2.24) is 0 Å². The van der Waals surface area contributed by atoms with Gasteiger partial charge in [-0.1, -0.05) is 0 Å². The summed E-state index contributed by atoms with van der Waals surface area (Å²) in [5.41, 5.74) is 0.554. The first kappa shape index (κ1) is 12.4. The predicted octanol–water partition coefficient (Wildman–Crippen LogP) is 2.04. The molecule has 0 amide bonds. The van der Waals surface area contributed by atoms with Gasteiger partial charge in [0.05, 0.1) is 11.4 Å². The van der Waals surface area contributed by atoms with Gasteiger partial charge in [-0.25, -0.2) is 12.8 Å². The van der Waals surface area contributed by atoms with E-state index in [0.29, 0.717) is 10.2 Å². The molecule has 1 N–H and O–H groups in total. The molecule has 1 aromatic carbocycles. The zero-order valence-corrected chi connectivity index (χ0v) is 10.5. The molecule has 0 radical (unpaired) electrons. The van der Waals surface area contributed by atoms with Crippen LogP contribution in [0.25, 0.3) is 0 Å². The van der Waals surface area contributed by atoms with Crippen LogP contribution in [0.3, 0.4) is 0 Å². The fourth-order valence-corrected chi connectivity index (χ4v) is 1.86. The van der Waals surface area contributed by atoms with Gasteiger partial charge < -0.3 is 5.32 Å². The molecule has 0 saturated carbocycles. The molecular formula is C9H11BrFNO2S. The van der Waals surface area contributed by atoms with E-state index in [2.05, 4.69) is 21.2 Å². The number of rotatable bonds is 4. The minimum Gasteiger partial charge on any atom is -0.383 e. The van der Waals surface area contributed by atoms with Crippen LogP contribution in [0.5, 0.6) is 0 Å². The number of sulfone groups is 1. The monoisotopic (exact) mass is 295 g/mol. The summed E-state index contributed by atoms with van der Waals surface area (Å²) >= 11 is 3.23. The van der Waals surface area contributed by atoms with Crippen LogP contribution in [0.2, 0.25) is 0 Å². The van der Waals surface area contributed by atoms with Crippen molar-refractivity contribution in [3.05, 3.63) is 28.5 Å². The van der Waals surface area contributed by atoms with Crippen LogP contribution in [0, 0.1) is 5.82 Å². The van der Waals surface area contributed by atoms with Gasteiger partial charge in [0.2, 0.25) is 0 Å². The normalized spacial score (nSPS) is 11.4. The van der Waals surface area contributed by atoms with Crippen molar-refractivity contribution in [1.29, 1.82) is 0 Å². The fourth-order valence-electron chi connectivity index (χ4n) is 1.00. The second-order valence-corrected chi connectivity index (χ2v) is 6.29. The zero-order valence-electron chi connectivity index (χ0n) is 8.13. The largest absolute Gasteiger partial charge is 0.383 e. The minimum absolute atomic E-state index is 0.0238. The summed E-state index contributed by atoms with van der Waals surface area (Å²) in [6, 6.07) is 4.20. The molecule has 84 valence electrons. The van der Waals surface area contributed by atoms with Crippen molar-refractivity contribution < 1.29 is 12.8 Å². The molecule has 0 heterocycles. The highest BCUT2D eigenvalue weighted by Gasteiger charge is 2.04. The number of benzene rings is 1. The highest BCUT2D eigenvalue weighted by Crippen LogP contribution is 2.22. The molecule has 0 fully saturated rings. The number of hydrogen-bond donors (Lipinski definition) is 1. The van der Waals surface area contributed by atoms with E-state index >= 15 is 0 Å². The molecule has 0 spiro atoms. The first-order chi connectivity index (χ1) is 6.88. The summed E-state index contributed by atoms with van der Waals surface area (Å²) in [5, 5.41) is 2.84. The third-order valence-corrected chi connectivity index (χ3v) is 3.35. The number of anilines is 1. The SMILES string of the molecule is CS(=O)(=O)CCNc1cc(F)ccc1Br. The second-order valence-electron chi connectivity index (χ2n) is 3.18. The Labute approximate surface area is 96.7 Å². The van der Waals surface area contributed by atoms with Gasteiger partial charge in [0.1, 0.15) is 15.7 Å². The fraction of sp³-hybridized carbons (Fsp3) is 0.333. The minimum atomic E-state index is -2.99. The Hall–Kier alpha value is -0.620. The van der Waals surface area contributed by atoms with Gasteiger partial charge in [-0.2, -0.15) is 0 Å². The first-order valence-corrected chi connectivity index (χ1v) is 7.10. The maximum absolute atomic E-state index is 12.8. The molecular weight excluding hydrogens is 285 g/mol. The molecule has 3 nitrogen and oxygen atoms in total. The number of nitrogens with one attached hydrogen (secondary N) is 1. The van der Waals surface area contributed by atoms with Crippen molar-refractivity contribution in [3.8, 4) is 0 Å². The maximum Gasteiger partial charge on any atom is 0.149 e. The molecule has 0 atom stereocenters. The second kappa shape index (κ2) is 4.94. The van der Waals surface area contributed by atoms with Crippen LogP contribution >= 0.6 is 15.9 Å². The summed E-state index contributed by atoms with van der Waals surface area (Å²) in [6.07, 6.45) is 1.16. The summed E-state index contributed by atoms with van der Waals surface area (Å²) in [6.45, 7) is 0.265. The molecule has 0 aliphatic heterocycles. The third-order valence-electron chi connectivity index (χ3n) is 1.72. The van der Waals surface area contributed by atoms with Gasteiger partial charge in [0.25, 0.3) is 0 Å². The Kier molecular flexibility index (Phi) is 4.10. The first-order valence-electron chi connectivity index (χ1n) is 4.25. The van der Waals surface area contributed by atoms with Crippen LogP contribution in [-0.2, 0) is 9.84 Å². The molecule has 0 aromatic heterocycles. The van der Waals surface area contributed by atoms with E-state index in [1.165, 1.54) is 12.1 Å². The highest BCUT2D eigenvalue weighted by atomic mass is 79.9. The Morgan fingerprint density at radius 1 is 1.47 bits per heavy atom. The Morgan fingerprint density at radius 3 is 2.73 bits per heavy atom. The number of halogens is 2. The highest BCUT2D eigenvalue weighted by molar-refractivity contribution is 9.10. The topological polar surface area (TPSA) is 46.2 Å². The maximum atomic E-state index is 12.8. The van der Waals surface area contributed by atoms with Crippen molar-refractivity contribution in [2.24, 2.45) is 0 Å². The lowest BCUT2D eigenvalue weighted by atomic mass is 10.3. The van der Waals surface area contributed by atoms with Crippen LogP contribution in [0.4, 0.5) is 10.1 Å². The van der Waals surface area contributed by atoms with E-state index in [1.54, 1.807) is 6.07 Å². The third kappa shape index (κ3) is 4.61. The Morgan fingerprint density at radius 2 is 2.13 bits per heavy atom. The molecule has 0 unspecified atom stereocenters. The van der Waals surface area contributed by atoms with E-state index in [0.717, 1.165) is 6.26 Å². The molecule has 1 aromatic rings. The van der Waals surface area contributed by atoms with Crippen molar-refractivity contribution in [3.63, 3.8) is 0 Å². The zero-order chi connectivity index (χ0) is 11.5. The van der Waals surface area contributed by atoms with Gasteiger partial charge in [-0.05, 0) is 34.1 Å². The number of hydrogen-bond acceptors (Lipinski definition) is 3.